The van der Waals surface area contributed by atoms with Crippen molar-refractivity contribution in [3.63, 3.8) is 0 Å². The van der Waals surface area contributed by atoms with E-state index in [1.807, 2.05) is 20.8 Å². The van der Waals surface area contributed by atoms with Gasteiger partial charge in [-0.2, -0.15) is 0 Å². The van der Waals surface area contributed by atoms with Crippen molar-refractivity contribution < 1.29 is 4.79 Å². The SMILES string of the molecule is CC1=C(C)C(C)c2nnc(C)n2C1=O. The van der Waals surface area contributed by atoms with Gasteiger partial charge in [-0.1, -0.05) is 12.5 Å². The largest absolute Gasteiger partial charge is 0.269 e. The van der Waals surface area contributed by atoms with Crippen LogP contribution in [0.1, 0.15) is 43.1 Å². The van der Waals surface area contributed by atoms with Gasteiger partial charge in [0.2, 0.25) is 0 Å². The molecule has 1 atom stereocenters. The standard InChI is InChI=1S/C10H13N3O/c1-5-6(2)9-12-11-8(4)13(9)10(14)7(5)3/h6H,1-4H3. The number of hydrogen-bond acceptors (Lipinski definition) is 3. The van der Waals surface area contributed by atoms with Crippen molar-refractivity contribution in [3.8, 4) is 0 Å². The molecule has 2 rings (SSSR count). The van der Waals surface area contributed by atoms with Crippen molar-refractivity contribution in [1.82, 2.24) is 14.8 Å². The van der Waals surface area contributed by atoms with Crippen molar-refractivity contribution >= 4 is 5.91 Å². The maximum Gasteiger partial charge on any atom is 0.260 e. The molecule has 4 heteroatoms. The first-order chi connectivity index (χ1) is 6.54. The van der Waals surface area contributed by atoms with Gasteiger partial charge in [0.05, 0.1) is 0 Å². The fraction of sp³-hybridized carbons (Fsp3) is 0.500. The summed E-state index contributed by atoms with van der Waals surface area (Å²) in [6.45, 7) is 7.68. The minimum absolute atomic E-state index is 0.0121. The highest BCUT2D eigenvalue weighted by atomic mass is 16.2. The van der Waals surface area contributed by atoms with Crippen LogP contribution in [0.25, 0.3) is 0 Å². The van der Waals surface area contributed by atoms with Gasteiger partial charge in [-0.3, -0.25) is 4.79 Å². The summed E-state index contributed by atoms with van der Waals surface area (Å²) < 4.78 is 1.60. The van der Waals surface area contributed by atoms with Gasteiger partial charge in [0.1, 0.15) is 11.6 Å². The second-order valence-corrected chi connectivity index (χ2v) is 3.78. The number of aryl methyl sites for hydroxylation is 1. The molecule has 1 aromatic heterocycles. The van der Waals surface area contributed by atoms with Crippen molar-refractivity contribution in [2.24, 2.45) is 0 Å². The molecule has 0 aromatic carbocycles. The molecule has 0 saturated carbocycles. The zero-order chi connectivity index (χ0) is 10.5. The van der Waals surface area contributed by atoms with Gasteiger partial charge in [0.15, 0.2) is 0 Å². The molecule has 0 fully saturated rings. The Bertz CT molecular complexity index is 442. The lowest BCUT2D eigenvalue weighted by molar-refractivity contribution is 0.0941. The Hall–Kier alpha value is -1.45. The Morgan fingerprint density at radius 3 is 2.50 bits per heavy atom. The van der Waals surface area contributed by atoms with Crippen LogP contribution in [0, 0.1) is 6.92 Å². The zero-order valence-electron chi connectivity index (χ0n) is 8.83. The van der Waals surface area contributed by atoms with Crippen molar-refractivity contribution in [1.29, 1.82) is 0 Å². The van der Waals surface area contributed by atoms with E-state index in [-0.39, 0.29) is 11.8 Å². The summed E-state index contributed by atoms with van der Waals surface area (Å²) in [4.78, 5) is 11.9. The molecule has 74 valence electrons. The van der Waals surface area contributed by atoms with E-state index in [2.05, 4.69) is 10.2 Å². The fourth-order valence-corrected chi connectivity index (χ4v) is 1.76. The highest BCUT2D eigenvalue weighted by Gasteiger charge is 2.29. The highest BCUT2D eigenvalue weighted by Crippen LogP contribution is 2.30. The second-order valence-electron chi connectivity index (χ2n) is 3.78. The van der Waals surface area contributed by atoms with E-state index in [0.29, 0.717) is 5.82 Å². The lowest BCUT2D eigenvalue weighted by Crippen LogP contribution is -2.24. The van der Waals surface area contributed by atoms with Crippen LogP contribution < -0.4 is 0 Å². The first-order valence-electron chi connectivity index (χ1n) is 4.68. The second kappa shape index (κ2) is 2.77. The van der Waals surface area contributed by atoms with Gasteiger partial charge in [-0.05, 0) is 20.8 Å². The molecule has 2 heterocycles. The normalized spacial score (nSPS) is 21.4. The topological polar surface area (TPSA) is 47.8 Å². The van der Waals surface area contributed by atoms with Crippen LogP contribution in [0.15, 0.2) is 11.1 Å². The van der Waals surface area contributed by atoms with Crippen LogP contribution in [-0.2, 0) is 0 Å². The van der Waals surface area contributed by atoms with Crippen molar-refractivity contribution in [3.05, 3.63) is 22.8 Å². The lowest BCUT2D eigenvalue weighted by Gasteiger charge is -2.21. The fourth-order valence-electron chi connectivity index (χ4n) is 1.76. The number of allylic oxidation sites excluding steroid dienone is 2. The number of carbonyl (C=O) groups is 1. The monoisotopic (exact) mass is 191 g/mol. The molecule has 1 aliphatic heterocycles. The highest BCUT2D eigenvalue weighted by molar-refractivity contribution is 5.97. The minimum atomic E-state index is 0.0121. The third-order valence-electron chi connectivity index (χ3n) is 3.00. The van der Waals surface area contributed by atoms with Gasteiger partial charge >= 0.3 is 0 Å². The Kier molecular flexibility index (Phi) is 1.80. The summed E-state index contributed by atoms with van der Waals surface area (Å²) >= 11 is 0. The van der Waals surface area contributed by atoms with E-state index in [4.69, 9.17) is 0 Å². The third-order valence-corrected chi connectivity index (χ3v) is 3.00. The van der Waals surface area contributed by atoms with Gasteiger partial charge in [0.25, 0.3) is 5.91 Å². The van der Waals surface area contributed by atoms with Gasteiger partial charge in [-0.25, -0.2) is 4.57 Å². The minimum Gasteiger partial charge on any atom is -0.269 e. The molecule has 1 aromatic rings. The van der Waals surface area contributed by atoms with E-state index < -0.39 is 0 Å². The number of nitrogens with zero attached hydrogens (tertiary/aromatic N) is 3. The quantitative estimate of drug-likeness (QED) is 0.626. The molecule has 0 amide bonds. The molecule has 0 N–H and O–H groups in total. The van der Waals surface area contributed by atoms with Crippen LogP contribution in [0.5, 0.6) is 0 Å². The molecule has 0 aliphatic carbocycles. The molecule has 1 unspecified atom stereocenters. The Labute approximate surface area is 82.6 Å². The van der Waals surface area contributed by atoms with Crippen LogP contribution in [0.2, 0.25) is 0 Å². The average Bonchev–Trinajstić information content (AvgIpc) is 2.54. The summed E-state index contributed by atoms with van der Waals surface area (Å²) in [6.07, 6.45) is 0. The Morgan fingerprint density at radius 2 is 1.86 bits per heavy atom. The molecular formula is C10H13N3O. The van der Waals surface area contributed by atoms with Crippen LogP contribution in [0.4, 0.5) is 0 Å². The van der Waals surface area contributed by atoms with Gasteiger partial charge < -0.3 is 0 Å². The van der Waals surface area contributed by atoms with Crippen LogP contribution in [0.3, 0.4) is 0 Å². The van der Waals surface area contributed by atoms with Crippen LogP contribution in [-0.4, -0.2) is 20.7 Å². The summed E-state index contributed by atoms with van der Waals surface area (Å²) in [5.41, 5.74) is 1.91. The third kappa shape index (κ3) is 0.967. The summed E-state index contributed by atoms with van der Waals surface area (Å²) in [6, 6.07) is 0. The zero-order valence-corrected chi connectivity index (χ0v) is 8.83. The van der Waals surface area contributed by atoms with Gasteiger partial charge in [-0.15, -0.1) is 10.2 Å². The number of hydrogen-bond donors (Lipinski definition) is 0. The van der Waals surface area contributed by atoms with Crippen molar-refractivity contribution in [2.75, 3.05) is 0 Å². The molecule has 0 bridgehead atoms. The number of fused-ring (bicyclic) bond motifs is 1. The van der Waals surface area contributed by atoms with E-state index in [9.17, 15) is 4.79 Å². The Balaban J connectivity index is 2.69. The van der Waals surface area contributed by atoms with Gasteiger partial charge in [0, 0.05) is 11.5 Å². The lowest BCUT2D eigenvalue weighted by atomic mass is 9.93. The first-order valence-corrected chi connectivity index (χ1v) is 4.68. The smallest absolute Gasteiger partial charge is 0.260 e. The number of aromatic nitrogens is 3. The molecule has 0 radical (unpaired) electrons. The molecule has 0 saturated heterocycles. The van der Waals surface area contributed by atoms with E-state index in [0.717, 1.165) is 17.0 Å². The molecular weight excluding hydrogens is 178 g/mol. The molecule has 14 heavy (non-hydrogen) atoms. The van der Waals surface area contributed by atoms with Crippen LogP contribution >= 0.6 is 0 Å². The van der Waals surface area contributed by atoms with E-state index in [1.54, 1.807) is 11.5 Å². The summed E-state index contributed by atoms with van der Waals surface area (Å²) in [5.74, 6) is 1.63. The average molecular weight is 191 g/mol. The van der Waals surface area contributed by atoms with E-state index >= 15 is 0 Å². The predicted molar refractivity (Wildman–Crippen MR) is 52.2 cm³/mol. The summed E-state index contributed by atoms with van der Waals surface area (Å²) in [7, 11) is 0. The molecule has 4 nitrogen and oxygen atoms in total. The first kappa shape index (κ1) is 9.12. The maximum absolute atomic E-state index is 11.9. The summed E-state index contributed by atoms with van der Waals surface area (Å²) in [5, 5.41) is 7.96. The predicted octanol–water partition coefficient (Wildman–Crippen LogP) is 1.68. The molecule has 0 spiro atoms. The number of carbonyl (C=O) groups excluding carboxylic acids is 1. The van der Waals surface area contributed by atoms with Crippen molar-refractivity contribution in [2.45, 2.75) is 33.6 Å². The maximum atomic E-state index is 11.9. The van der Waals surface area contributed by atoms with E-state index in [1.165, 1.54) is 0 Å². The number of rotatable bonds is 0. The molecule has 1 aliphatic rings. The Morgan fingerprint density at radius 1 is 1.21 bits per heavy atom.